The van der Waals surface area contributed by atoms with Gasteiger partial charge in [-0.3, -0.25) is 4.79 Å². The van der Waals surface area contributed by atoms with Gasteiger partial charge in [0.25, 0.3) is 0 Å². The van der Waals surface area contributed by atoms with Crippen molar-refractivity contribution in [1.29, 1.82) is 0 Å². The first kappa shape index (κ1) is 16.5. The molecule has 1 amide bonds. The summed E-state index contributed by atoms with van der Waals surface area (Å²) in [6.45, 7) is 4.51. The minimum Gasteiger partial charge on any atom is -0.467 e. The normalized spacial score (nSPS) is 10.8. The summed E-state index contributed by atoms with van der Waals surface area (Å²) in [5.74, 6) is 0.841. The summed E-state index contributed by atoms with van der Waals surface area (Å²) in [5.41, 5.74) is 3.18. The number of carbonyl (C=O) groups is 1. The fourth-order valence-electron chi connectivity index (χ4n) is 2.52. The number of hydrogen-bond acceptors (Lipinski definition) is 4. The molecule has 124 valence electrons. The lowest BCUT2D eigenvalue weighted by atomic mass is 10.1. The van der Waals surface area contributed by atoms with Crippen LogP contribution in [-0.4, -0.2) is 22.8 Å². The quantitative estimate of drug-likeness (QED) is 0.698. The average molecular weight is 340 g/mol. The second-order valence-electron chi connectivity index (χ2n) is 5.88. The molecule has 0 spiro atoms. The molecule has 0 aliphatic carbocycles. The lowest BCUT2D eigenvalue weighted by Crippen LogP contribution is -2.27. The highest BCUT2D eigenvalue weighted by Crippen LogP contribution is 2.29. The summed E-state index contributed by atoms with van der Waals surface area (Å²) in [5, 5.41) is 0.974. The molecule has 0 fully saturated rings. The van der Waals surface area contributed by atoms with Crippen molar-refractivity contribution in [1.82, 2.24) is 9.88 Å². The summed E-state index contributed by atoms with van der Waals surface area (Å²) < 4.78 is 5.31. The van der Waals surface area contributed by atoms with E-state index >= 15 is 0 Å². The Morgan fingerprint density at radius 3 is 2.62 bits per heavy atom. The van der Waals surface area contributed by atoms with Crippen LogP contribution in [0.2, 0.25) is 0 Å². The minimum atomic E-state index is 0.0587. The van der Waals surface area contributed by atoms with Gasteiger partial charge in [-0.25, -0.2) is 4.98 Å². The molecule has 0 radical (unpaired) electrons. The summed E-state index contributed by atoms with van der Waals surface area (Å²) in [7, 11) is 1.80. The van der Waals surface area contributed by atoms with Gasteiger partial charge in [-0.1, -0.05) is 29.8 Å². The smallest absolute Gasteiger partial charge is 0.228 e. The lowest BCUT2D eigenvalue weighted by Gasteiger charge is -2.15. The molecule has 0 saturated heterocycles. The molecule has 0 bridgehead atoms. The number of thiazole rings is 1. The highest BCUT2D eigenvalue weighted by molar-refractivity contribution is 7.12. The van der Waals surface area contributed by atoms with E-state index in [-0.39, 0.29) is 5.91 Å². The van der Waals surface area contributed by atoms with Gasteiger partial charge in [0.05, 0.1) is 29.9 Å². The van der Waals surface area contributed by atoms with E-state index in [1.165, 1.54) is 5.56 Å². The SMILES string of the molecule is Cc1ccc(-c2nc(C)sc2CC(=O)N(C)Cc2ccco2)cc1. The second kappa shape index (κ2) is 7.01. The van der Waals surface area contributed by atoms with Crippen molar-refractivity contribution < 1.29 is 9.21 Å². The maximum absolute atomic E-state index is 12.5. The van der Waals surface area contributed by atoms with Crippen molar-refractivity contribution in [2.75, 3.05) is 7.05 Å². The topological polar surface area (TPSA) is 46.3 Å². The number of aryl methyl sites for hydroxylation is 2. The maximum Gasteiger partial charge on any atom is 0.228 e. The van der Waals surface area contributed by atoms with Gasteiger partial charge < -0.3 is 9.32 Å². The highest BCUT2D eigenvalue weighted by Gasteiger charge is 2.18. The van der Waals surface area contributed by atoms with E-state index in [4.69, 9.17) is 4.42 Å². The number of furan rings is 1. The Morgan fingerprint density at radius 2 is 1.96 bits per heavy atom. The van der Waals surface area contributed by atoms with Crippen molar-refractivity contribution in [2.45, 2.75) is 26.8 Å². The number of amides is 1. The van der Waals surface area contributed by atoms with Crippen LogP contribution in [0.4, 0.5) is 0 Å². The monoisotopic (exact) mass is 340 g/mol. The molecule has 2 aromatic heterocycles. The Kier molecular flexibility index (Phi) is 4.81. The number of hydrogen-bond donors (Lipinski definition) is 0. The van der Waals surface area contributed by atoms with Crippen LogP contribution in [0, 0.1) is 13.8 Å². The third kappa shape index (κ3) is 3.74. The van der Waals surface area contributed by atoms with Crippen molar-refractivity contribution in [3.05, 3.63) is 63.9 Å². The Bertz CT molecular complexity index is 820. The molecule has 0 N–H and O–H groups in total. The number of nitrogens with zero attached hydrogens (tertiary/aromatic N) is 2. The Hall–Kier alpha value is -2.40. The summed E-state index contributed by atoms with van der Waals surface area (Å²) >= 11 is 1.59. The largest absolute Gasteiger partial charge is 0.467 e. The van der Waals surface area contributed by atoms with E-state index in [9.17, 15) is 4.79 Å². The summed E-state index contributed by atoms with van der Waals surface area (Å²) in [6, 6.07) is 12.0. The standard InChI is InChI=1S/C19H20N2O2S/c1-13-6-8-15(9-7-13)19-17(24-14(2)20-19)11-18(22)21(3)12-16-5-4-10-23-16/h4-10H,11-12H2,1-3H3. The van der Waals surface area contributed by atoms with Crippen LogP contribution in [0.3, 0.4) is 0 Å². The Balaban J connectivity index is 1.77. The molecular weight excluding hydrogens is 320 g/mol. The van der Waals surface area contributed by atoms with Crippen LogP contribution in [0.15, 0.2) is 47.1 Å². The molecule has 0 unspecified atom stereocenters. The van der Waals surface area contributed by atoms with Gasteiger partial charge in [0, 0.05) is 17.5 Å². The second-order valence-corrected chi connectivity index (χ2v) is 7.16. The predicted octanol–water partition coefficient (Wildman–Crippen LogP) is 4.22. The molecule has 1 aromatic carbocycles. The summed E-state index contributed by atoms with van der Waals surface area (Å²) in [4.78, 5) is 19.9. The van der Waals surface area contributed by atoms with Gasteiger partial charge in [-0.2, -0.15) is 0 Å². The molecule has 5 heteroatoms. The average Bonchev–Trinajstić information content (AvgIpc) is 3.18. The van der Waals surface area contributed by atoms with Gasteiger partial charge in [0.1, 0.15) is 5.76 Å². The van der Waals surface area contributed by atoms with Gasteiger partial charge in [-0.05, 0) is 26.0 Å². The molecule has 3 rings (SSSR count). The molecule has 0 atom stereocenters. The first-order valence-corrected chi connectivity index (χ1v) is 8.64. The minimum absolute atomic E-state index is 0.0587. The van der Waals surface area contributed by atoms with E-state index < -0.39 is 0 Å². The number of rotatable bonds is 5. The van der Waals surface area contributed by atoms with Gasteiger partial charge in [-0.15, -0.1) is 11.3 Å². The Morgan fingerprint density at radius 1 is 1.21 bits per heavy atom. The van der Waals surface area contributed by atoms with Crippen LogP contribution in [0.5, 0.6) is 0 Å². The third-order valence-electron chi connectivity index (χ3n) is 3.84. The van der Waals surface area contributed by atoms with Crippen molar-refractivity contribution in [3.8, 4) is 11.3 Å². The van der Waals surface area contributed by atoms with E-state index in [1.54, 1.807) is 29.5 Å². The lowest BCUT2D eigenvalue weighted by molar-refractivity contribution is -0.129. The van der Waals surface area contributed by atoms with Gasteiger partial charge in [0.15, 0.2) is 0 Å². The van der Waals surface area contributed by atoms with Crippen LogP contribution < -0.4 is 0 Å². The molecule has 4 nitrogen and oxygen atoms in total. The van der Waals surface area contributed by atoms with E-state index in [0.29, 0.717) is 13.0 Å². The van der Waals surface area contributed by atoms with Crippen LogP contribution in [0.25, 0.3) is 11.3 Å². The maximum atomic E-state index is 12.5. The zero-order valence-electron chi connectivity index (χ0n) is 14.1. The first-order chi connectivity index (χ1) is 11.5. The first-order valence-electron chi connectivity index (χ1n) is 7.82. The molecule has 2 heterocycles. The third-order valence-corrected chi connectivity index (χ3v) is 4.81. The van der Waals surface area contributed by atoms with Crippen LogP contribution in [-0.2, 0) is 17.8 Å². The molecule has 0 aliphatic rings. The van der Waals surface area contributed by atoms with Crippen molar-refractivity contribution in [2.24, 2.45) is 0 Å². The Labute approximate surface area is 145 Å². The van der Waals surface area contributed by atoms with E-state index in [0.717, 1.165) is 26.9 Å². The van der Waals surface area contributed by atoms with Crippen molar-refractivity contribution in [3.63, 3.8) is 0 Å². The zero-order valence-corrected chi connectivity index (χ0v) is 14.9. The molecule has 3 aromatic rings. The molecule has 24 heavy (non-hydrogen) atoms. The van der Waals surface area contributed by atoms with E-state index in [1.807, 2.05) is 19.1 Å². The predicted molar refractivity (Wildman–Crippen MR) is 95.9 cm³/mol. The highest BCUT2D eigenvalue weighted by atomic mass is 32.1. The molecule has 0 saturated carbocycles. The van der Waals surface area contributed by atoms with Crippen LogP contribution >= 0.6 is 11.3 Å². The number of benzene rings is 1. The fraction of sp³-hybridized carbons (Fsp3) is 0.263. The molecular formula is C19H20N2O2S. The van der Waals surface area contributed by atoms with E-state index in [2.05, 4.69) is 36.2 Å². The fourth-order valence-corrected chi connectivity index (χ4v) is 3.47. The summed E-state index contributed by atoms with van der Waals surface area (Å²) in [6.07, 6.45) is 1.97. The van der Waals surface area contributed by atoms with Crippen LogP contribution in [0.1, 0.15) is 21.2 Å². The number of aromatic nitrogens is 1. The molecule has 0 aliphatic heterocycles. The number of carbonyl (C=O) groups excluding carboxylic acids is 1. The van der Waals surface area contributed by atoms with Crippen molar-refractivity contribution >= 4 is 17.2 Å². The van der Waals surface area contributed by atoms with Gasteiger partial charge >= 0.3 is 0 Å². The number of likely N-dealkylation sites (N-methyl/N-ethyl adjacent to an activating group) is 1. The van der Waals surface area contributed by atoms with Gasteiger partial charge in [0.2, 0.25) is 5.91 Å². The zero-order chi connectivity index (χ0) is 17.1.